The summed E-state index contributed by atoms with van der Waals surface area (Å²) in [5, 5.41) is 7.32. The van der Waals surface area contributed by atoms with Crippen molar-refractivity contribution < 1.29 is 4.79 Å². The highest BCUT2D eigenvalue weighted by molar-refractivity contribution is 5.99. The van der Waals surface area contributed by atoms with E-state index in [1.54, 1.807) is 16.9 Å². The van der Waals surface area contributed by atoms with E-state index >= 15 is 0 Å². The Morgan fingerprint density at radius 1 is 1.08 bits per heavy atom. The van der Waals surface area contributed by atoms with E-state index in [2.05, 4.69) is 21.5 Å². The van der Waals surface area contributed by atoms with Gasteiger partial charge in [0.15, 0.2) is 5.65 Å². The molecule has 0 radical (unpaired) electrons. The zero-order valence-electron chi connectivity index (χ0n) is 14.4. The summed E-state index contributed by atoms with van der Waals surface area (Å²) in [4.78, 5) is 17.0. The van der Waals surface area contributed by atoms with Crippen LogP contribution in [0.15, 0.2) is 73.1 Å². The molecular formula is C21H18N4O. The van der Waals surface area contributed by atoms with Gasteiger partial charge in [-0.15, -0.1) is 0 Å². The first-order chi connectivity index (χ1) is 12.7. The molecule has 0 saturated carbocycles. The first-order valence-corrected chi connectivity index (χ1v) is 8.44. The smallest absolute Gasteiger partial charge is 0.257 e. The summed E-state index contributed by atoms with van der Waals surface area (Å²) in [7, 11) is 0. The van der Waals surface area contributed by atoms with E-state index in [1.807, 2.05) is 61.5 Å². The van der Waals surface area contributed by atoms with Gasteiger partial charge in [-0.05, 0) is 24.6 Å². The summed E-state index contributed by atoms with van der Waals surface area (Å²) in [6.45, 7) is 2.52. The molecule has 2 aromatic heterocycles. The van der Waals surface area contributed by atoms with Crippen LogP contribution >= 0.6 is 0 Å². The molecule has 0 aliphatic rings. The number of carbonyl (C=O) groups excluding carboxylic acids is 1. The lowest BCUT2D eigenvalue weighted by molar-refractivity contribution is 0.0952. The molecular weight excluding hydrogens is 324 g/mol. The molecule has 1 N–H and O–H groups in total. The van der Waals surface area contributed by atoms with Gasteiger partial charge in [0, 0.05) is 18.3 Å². The van der Waals surface area contributed by atoms with Gasteiger partial charge in [-0.25, -0.2) is 9.50 Å². The fraction of sp³-hybridized carbons (Fsp3) is 0.0952. The maximum absolute atomic E-state index is 12.6. The van der Waals surface area contributed by atoms with E-state index in [1.165, 1.54) is 5.56 Å². The van der Waals surface area contributed by atoms with Gasteiger partial charge in [-0.2, -0.15) is 5.10 Å². The lowest BCUT2D eigenvalue weighted by atomic mass is 10.1. The Morgan fingerprint density at radius 3 is 2.73 bits per heavy atom. The van der Waals surface area contributed by atoms with E-state index < -0.39 is 0 Å². The molecule has 0 spiro atoms. The predicted octanol–water partition coefficient (Wildman–Crippen LogP) is 3.63. The SMILES string of the molecule is Cc1cccc(-c2ccnc3c(C(=O)NCc4ccccc4)cnn23)c1. The predicted molar refractivity (Wildman–Crippen MR) is 101 cm³/mol. The van der Waals surface area contributed by atoms with Crippen LogP contribution in [0, 0.1) is 6.92 Å². The Kier molecular flexibility index (Phi) is 4.19. The number of nitrogens with one attached hydrogen (secondary N) is 1. The second-order valence-corrected chi connectivity index (χ2v) is 6.16. The van der Waals surface area contributed by atoms with Gasteiger partial charge in [-0.3, -0.25) is 4.79 Å². The summed E-state index contributed by atoms with van der Waals surface area (Å²) in [5.74, 6) is -0.183. The monoisotopic (exact) mass is 342 g/mol. The van der Waals surface area contributed by atoms with Crippen molar-refractivity contribution in [1.29, 1.82) is 0 Å². The summed E-state index contributed by atoms with van der Waals surface area (Å²) in [6, 6.07) is 19.9. The van der Waals surface area contributed by atoms with Crippen LogP contribution in [0.4, 0.5) is 0 Å². The van der Waals surface area contributed by atoms with Crippen molar-refractivity contribution in [3.05, 3.63) is 89.7 Å². The molecule has 0 atom stereocenters. The van der Waals surface area contributed by atoms with Crippen LogP contribution < -0.4 is 5.32 Å². The Balaban J connectivity index is 1.65. The van der Waals surface area contributed by atoms with Crippen molar-refractivity contribution in [2.75, 3.05) is 0 Å². The molecule has 4 rings (SSSR count). The third-order valence-electron chi connectivity index (χ3n) is 4.26. The molecule has 0 aliphatic carbocycles. The topological polar surface area (TPSA) is 59.3 Å². The van der Waals surface area contributed by atoms with Crippen molar-refractivity contribution in [3.63, 3.8) is 0 Å². The first-order valence-electron chi connectivity index (χ1n) is 8.44. The van der Waals surface area contributed by atoms with Crippen LogP contribution in [0.25, 0.3) is 16.9 Å². The number of nitrogens with zero attached hydrogens (tertiary/aromatic N) is 3. The van der Waals surface area contributed by atoms with Crippen molar-refractivity contribution in [2.45, 2.75) is 13.5 Å². The molecule has 4 aromatic rings. The molecule has 2 heterocycles. The number of hydrogen-bond acceptors (Lipinski definition) is 3. The molecule has 5 heteroatoms. The highest BCUT2D eigenvalue weighted by Crippen LogP contribution is 2.21. The van der Waals surface area contributed by atoms with Crippen molar-refractivity contribution in [3.8, 4) is 11.3 Å². The largest absolute Gasteiger partial charge is 0.348 e. The average Bonchev–Trinajstić information content (AvgIpc) is 3.11. The fourth-order valence-electron chi connectivity index (χ4n) is 2.95. The van der Waals surface area contributed by atoms with Crippen LogP contribution in [0.3, 0.4) is 0 Å². The maximum Gasteiger partial charge on any atom is 0.257 e. The zero-order chi connectivity index (χ0) is 17.9. The van der Waals surface area contributed by atoms with Crippen LogP contribution in [-0.2, 0) is 6.54 Å². The number of aryl methyl sites for hydroxylation is 1. The normalized spacial score (nSPS) is 10.8. The number of benzene rings is 2. The van der Waals surface area contributed by atoms with Crippen LogP contribution in [0.1, 0.15) is 21.5 Å². The summed E-state index contributed by atoms with van der Waals surface area (Å²) in [5.41, 5.74) is 5.17. The van der Waals surface area contributed by atoms with Gasteiger partial charge in [0.05, 0.1) is 11.9 Å². The molecule has 0 saturated heterocycles. The van der Waals surface area contributed by atoms with E-state index in [0.717, 1.165) is 16.8 Å². The molecule has 1 amide bonds. The van der Waals surface area contributed by atoms with Crippen molar-refractivity contribution in [1.82, 2.24) is 19.9 Å². The van der Waals surface area contributed by atoms with E-state index in [0.29, 0.717) is 17.8 Å². The van der Waals surface area contributed by atoms with E-state index in [4.69, 9.17) is 0 Å². The minimum absolute atomic E-state index is 0.183. The number of aromatic nitrogens is 3. The first kappa shape index (κ1) is 16.0. The molecule has 2 aromatic carbocycles. The molecule has 5 nitrogen and oxygen atoms in total. The van der Waals surface area contributed by atoms with Crippen molar-refractivity contribution in [2.24, 2.45) is 0 Å². The van der Waals surface area contributed by atoms with Crippen LogP contribution in [-0.4, -0.2) is 20.5 Å². The second kappa shape index (κ2) is 6.80. The lowest BCUT2D eigenvalue weighted by Gasteiger charge is -2.06. The molecule has 0 bridgehead atoms. The van der Waals surface area contributed by atoms with Gasteiger partial charge < -0.3 is 5.32 Å². The highest BCUT2D eigenvalue weighted by Gasteiger charge is 2.16. The number of amides is 1. The van der Waals surface area contributed by atoms with Gasteiger partial charge in [0.2, 0.25) is 0 Å². The van der Waals surface area contributed by atoms with Crippen LogP contribution in [0.2, 0.25) is 0 Å². The molecule has 26 heavy (non-hydrogen) atoms. The van der Waals surface area contributed by atoms with Gasteiger partial charge in [-0.1, -0.05) is 54.1 Å². The molecule has 0 aliphatic heterocycles. The second-order valence-electron chi connectivity index (χ2n) is 6.16. The zero-order valence-corrected chi connectivity index (χ0v) is 14.4. The average molecular weight is 342 g/mol. The maximum atomic E-state index is 12.6. The third-order valence-corrected chi connectivity index (χ3v) is 4.26. The Hall–Kier alpha value is -3.47. The Morgan fingerprint density at radius 2 is 1.92 bits per heavy atom. The molecule has 0 fully saturated rings. The Bertz CT molecular complexity index is 1070. The number of rotatable bonds is 4. The summed E-state index contributed by atoms with van der Waals surface area (Å²) < 4.78 is 1.71. The minimum Gasteiger partial charge on any atom is -0.348 e. The van der Waals surface area contributed by atoms with E-state index in [9.17, 15) is 4.79 Å². The quantitative estimate of drug-likeness (QED) is 0.616. The van der Waals surface area contributed by atoms with E-state index in [-0.39, 0.29) is 5.91 Å². The van der Waals surface area contributed by atoms with Crippen LogP contribution in [0.5, 0.6) is 0 Å². The molecule has 128 valence electrons. The standard InChI is InChI=1S/C21H18N4O/c1-15-6-5-9-17(12-15)19-10-11-22-20-18(14-24-25(19)20)21(26)23-13-16-7-3-2-4-8-16/h2-12,14H,13H2,1H3,(H,23,26). The lowest BCUT2D eigenvalue weighted by Crippen LogP contribution is -2.22. The van der Waals surface area contributed by atoms with Crippen molar-refractivity contribution >= 4 is 11.6 Å². The minimum atomic E-state index is -0.183. The molecule has 0 unspecified atom stereocenters. The fourth-order valence-corrected chi connectivity index (χ4v) is 2.95. The Labute approximate surface area is 151 Å². The summed E-state index contributed by atoms with van der Waals surface area (Å²) in [6.07, 6.45) is 3.28. The van der Waals surface area contributed by atoms with Gasteiger partial charge in [0.25, 0.3) is 5.91 Å². The summed E-state index contributed by atoms with van der Waals surface area (Å²) >= 11 is 0. The van der Waals surface area contributed by atoms with Gasteiger partial charge >= 0.3 is 0 Å². The van der Waals surface area contributed by atoms with Gasteiger partial charge in [0.1, 0.15) is 5.56 Å². The number of hydrogen-bond donors (Lipinski definition) is 1. The highest BCUT2D eigenvalue weighted by atomic mass is 16.1. The number of fused-ring (bicyclic) bond motifs is 1. The number of carbonyl (C=O) groups is 1. The third kappa shape index (κ3) is 3.07.